The number of aliphatic carboxylic acids is 1. The van der Waals surface area contributed by atoms with Gasteiger partial charge in [0.2, 0.25) is 0 Å². The topological polar surface area (TPSA) is 132 Å². The molecule has 35 heavy (non-hydrogen) atoms. The molecule has 1 rings (SSSR count). The minimum atomic E-state index is -0.915. The van der Waals surface area contributed by atoms with E-state index in [9.17, 15) is 24.3 Å². The van der Waals surface area contributed by atoms with Crippen molar-refractivity contribution in [3.8, 4) is 0 Å². The summed E-state index contributed by atoms with van der Waals surface area (Å²) in [5.41, 5.74) is 0.196. The van der Waals surface area contributed by atoms with Crippen LogP contribution in [0.5, 0.6) is 0 Å². The highest BCUT2D eigenvalue weighted by molar-refractivity contribution is 8.90. The van der Waals surface area contributed by atoms with E-state index in [2.05, 4.69) is 27.8 Å². The van der Waals surface area contributed by atoms with Crippen LogP contribution in [0.4, 0.5) is 0 Å². The summed E-state index contributed by atoms with van der Waals surface area (Å²) in [6, 6.07) is 0. The number of carbonyl (C=O) groups excluding carboxylic acids is 3. The SMILES string of the molecule is CNP(PP)P(P)PC(=O)CN1CCN(COC=O)CCN(COC=O)CCN(CC(=O)O)CC1. The Labute approximate surface area is 217 Å². The van der Waals surface area contributed by atoms with Gasteiger partial charge in [0.25, 0.3) is 12.9 Å². The Hall–Kier alpha value is 0.460. The van der Waals surface area contributed by atoms with Crippen molar-refractivity contribution in [2.75, 3.05) is 86.0 Å². The van der Waals surface area contributed by atoms with Gasteiger partial charge >= 0.3 is 5.97 Å². The zero-order valence-electron chi connectivity index (χ0n) is 19.9. The van der Waals surface area contributed by atoms with Gasteiger partial charge in [-0.3, -0.25) is 43.9 Å². The van der Waals surface area contributed by atoms with Crippen molar-refractivity contribution < 1.29 is 33.8 Å². The van der Waals surface area contributed by atoms with Crippen LogP contribution in [-0.4, -0.2) is 135 Å². The molecule has 0 aromatic heterocycles. The second-order valence-electron chi connectivity index (χ2n) is 7.51. The Bertz CT molecular complexity index is 654. The summed E-state index contributed by atoms with van der Waals surface area (Å²) in [5.74, 6) is -0.915. The van der Waals surface area contributed by atoms with Gasteiger partial charge in [0.15, 0.2) is 5.52 Å². The zero-order chi connectivity index (χ0) is 26.1. The Balaban J connectivity index is 2.91. The van der Waals surface area contributed by atoms with Crippen LogP contribution in [0, 0.1) is 0 Å². The van der Waals surface area contributed by atoms with Crippen molar-refractivity contribution >= 4 is 73.0 Å². The molecular formula is C17H37N5O7P6. The van der Waals surface area contributed by atoms with E-state index in [-0.39, 0.29) is 41.2 Å². The fraction of sp³-hybridized carbons (Fsp3) is 0.765. The lowest BCUT2D eigenvalue weighted by atomic mass is 10.3. The molecule has 1 saturated heterocycles. The van der Waals surface area contributed by atoms with Crippen LogP contribution in [0.3, 0.4) is 0 Å². The van der Waals surface area contributed by atoms with E-state index < -0.39 is 13.0 Å². The normalized spacial score (nSPS) is 20.3. The van der Waals surface area contributed by atoms with E-state index >= 15 is 0 Å². The average Bonchev–Trinajstić information content (AvgIpc) is 2.81. The highest BCUT2D eigenvalue weighted by Crippen LogP contribution is 2.90. The standard InChI is InChI=1S/C17H37N5O7P6/c1-18-34(33-30)35(31)32-17(27)11-20-3-2-19(10-16(25)26)4-6-21(12-28-14-23)8-9-22(7-5-20)13-29-15-24/h14-15,18,32-33H,2-13,30-31H2,1H3,(H,25,26). The third kappa shape index (κ3) is 15.5. The predicted molar refractivity (Wildman–Crippen MR) is 152 cm³/mol. The van der Waals surface area contributed by atoms with Crippen molar-refractivity contribution in [2.45, 2.75) is 0 Å². The lowest BCUT2D eigenvalue weighted by Crippen LogP contribution is -2.48. The van der Waals surface area contributed by atoms with Gasteiger partial charge in [-0.15, -0.1) is 17.9 Å². The minimum Gasteiger partial charge on any atom is -0.480 e. The van der Waals surface area contributed by atoms with Crippen LogP contribution in [-0.2, 0) is 28.7 Å². The number of rotatable bonds is 15. The number of hydrogen-bond donors (Lipinski definition) is 2. The van der Waals surface area contributed by atoms with E-state index in [1.54, 1.807) is 0 Å². The van der Waals surface area contributed by atoms with Gasteiger partial charge in [-0.1, -0.05) is 7.96 Å². The fourth-order valence-electron chi connectivity index (χ4n) is 3.27. The lowest BCUT2D eigenvalue weighted by Gasteiger charge is -2.33. The van der Waals surface area contributed by atoms with Crippen molar-refractivity contribution in [1.29, 1.82) is 0 Å². The summed E-state index contributed by atoms with van der Waals surface area (Å²) >= 11 is 0. The molecule has 18 heteroatoms. The molecule has 1 aliphatic rings. The first-order chi connectivity index (χ1) is 16.8. The monoisotopic (exact) mass is 609 g/mol. The average molecular weight is 609 g/mol. The van der Waals surface area contributed by atoms with E-state index in [0.29, 0.717) is 79.8 Å². The molecule has 0 spiro atoms. The van der Waals surface area contributed by atoms with E-state index in [0.717, 1.165) is 0 Å². The summed E-state index contributed by atoms with van der Waals surface area (Å²) in [5, 5.41) is 12.7. The number of nitrogens with one attached hydrogen (secondary N) is 1. The number of hydrogen-bond acceptors (Lipinski definition) is 11. The van der Waals surface area contributed by atoms with Gasteiger partial charge in [-0.05, 0) is 22.3 Å². The molecule has 1 fully saturated rings. The number of carboxylic acid groups (broad SMARTS) is 1. The largest absolute Gasteiger partial charge is 0.480 e. The van der Waals surface area contributed by atoms with Crippen LogP contribution in [0.2, 0.25) is 0 Å². The Kier molecular flexibility index (Phi) is 19.5. The molecule has 0 saturated carbocycles. The number of nitrogens with zero attached hydrogens (tertiary/aromatic N) is 4. The highest BCUT2D eigenvalue weighted by atomic mass is 32.9. The first kappa shape index (κ1) is 33.5. The van der Waals surface area contributed by atoms with Crippen LogP contribution in [0.25, 0.3) is 0 Å². The third-order valence-electron chi connectivity index (χ3n) is 5.10. The molecule has 0 aromatic rings. The smallest absolute Gasteiger partial charge is 0.317 e. The van der Waals surface area contributed by atoms with Crippen LogP contribution in [0.15, 0.2) is 0 Å². The maximum absolute atomic E-state index is 12.9. The maximum Gasteiger partial charge on any atom is 0.317 e. The third-order valence-corrected chi connectivity index (χ3v) is 28.6. The van der Waals surface area contributed by atoms with Crippen LogP contribution >= 0.6 is 48.5 Å². The molecule has 6 atom stereocenters. The number of carbonyl (C=O) groups is 4. The molecule has 0 amide bonds. The van der Waals surface area contributed by atoms with Crippen molar-refractivity contribution in [1.82, 2.24) is 24.7 Å². The first-order valence-corrected chi connectivity index (χ1v) is 21.3. The Morgan fingerprint density at radius 2 is 1.34 bits per heavy atom. The second kappa shape index (κ2) is 20.4. The predicted octanol–water partition coefficient (Wildman–Crippen LogP) is 0.861. The summed E-state index contributed by atoms with van der Waals surface area (Å²) in [4.78, 5) is 53.5. The van der Waals surface area contributed by atoms with Crippen molar-refractivity contribution in [2.24, 2.45) is 0 Å². The molecule has 0 bridgehead atoms. The molecule has 0 aromatic carbocycles. The van der Waals surface area contributed by atoms with E-state index in [4.69, 9.17) is 9.47 Å². The van der Waals surface area contributed by atoms with Crippen molar-refractivity contribution in [3.05, 3.63) is 0 Å². The van der Waals surface area contributed by atoms with Gasteiger partial charge in [-0.2, -0.15) is 0 Å². The molecular weight excluding hydrogens is 572 g/mol. The molecule has 202 valence electrons. The summed E-state index contributed by atoms with van der Waals surface area (Å²) in [6.45, 7) is 4.97. The Morgan fingerprint density at radius 3 is 1.71 bits per heavy atom. The van der Waals surface area contributed by atoms with Gasteiger partial charge in [0.1, 0.15) is 13.5 Å². The molecule has 0 aliphatic carbocycles. The van der Waals surface area contributed by atoms with Gasteiger partial charge in [-0.25, -0.2) is 0 Å². The maximum atomic E-state index is 12.9. The first-order valence-electron chi connectivity index (χ1n) is 10.8. The molecule has 1 heterocycles. The second-order valence-corrected chi connectivity index (χ2v) is 26.0. The minimum absolute atomic E-state index is 0.0956. The molecule has 1 aliphatic heterocycles. The quantitative estimate of drug-likeness (QED) is 0.202. The summed E-state index contributed by atoms with van der Waals surface area (Å²) in [6.07, 6.45) is 0. The number of carboxylic acids is 1. The van der Waals surface area contributed by atoms with Crippen LogP contribution < -0.4 is 5.09 Å². The molecule has 2 N–H and O–H groups in total. The highest BCUT2D eigenvalue weighted by Gasteiger charge is 2.22. The summed E-state index contributed by atoms with van der Waals surface area (Å²) in [7, 11) is 8.14. The van der Waals surface area contributed by atoms with Gasteiger partial charge in [0.05, 0.1) is 13.1 Å². The molecule has 0 radical (unpaired) electrons. The van der Waals surface area contributed by atoms with Gasteiger partial charge in [0, 0.05) is 59.8 Å². The van der Waals surface area contributed by atoms with E-state index in [1.165, 1.54) is 0 Å². The zero-order valence-corrected chi connectivity index (χ0v) is 26.0. The van der Waals surface area contributed by atoms with Crippen LogP contribution in [0.1, 0.15) is 0 Å². The van der Waals surface area contributed by atoms with Crippen molar-refractivity contribution in [3.63, 3.8) is 0 Å². The fourth-order valence-corrected chi connectivity index (χ4v) is 29.3. The summed E-state index contributed by atoms with van der Waals surface area (Å²) < 4.78 is 9.88. The molecule has 6 unspecified atom stereocenters. The molecule has 12 nitrogen and oxygen atoms in total. The van der Waals surface area contributed by atoms with Gasteiger partial charge < -0.3 is 14.6 Å². The van der Waals surface area contributed by atoms with E-state index in [1.807, 2.05) is 21.7 Å². The Morgan fingerprint density at radius 1 is 0.914 bits per heavy atom. The lowest BCUT2D eigenvalue weighted by molar-refractivity contribution is -0.139. The number of ether oxygens (including phenoxy) is 2.